The van der Waals surface area contributed by atoms with Gasteiger partial charge in [-0.2, -0.15) is 10.4 Å². The molecule has 0 spiro atoms. The molecule has 8 heteroatoms. The molecule has 2 aliphatic heterocycles. The van der Waals surface area contributed by atoms with Crippen LogP contribution < -0.4 is 4.90 Å². The predicted octanol–water partition coefficient (Wildman–Crippen LogP) is 2.43. The molecule has 28 heavy (non-hydrogen) atoms. The van der Waals surface area contributed by atoms with Crippen LogP contribution in [0.5, 0.6) is 0 Å². The average molecular weight is 372 g/mol. The second kappa shape index (κ2) is 6.69. The van der Waals surface area contributed by atoms with Crippen LogP contribution in [0, 0.1) is 11.3 Å². The van der Waals surface area contributed by atoms with Crippen molar-refractivity contribution in [3.05, 3.63) is 42.4 Å². The molecular weight excluding hydrogens is 352 g/mol. The van der Waals surface area contributed by atoms with Crippen LogP contribution in [0.4, 0.5) is 5.82 Å². The summed E-state index contributed by atoms with van der Waals surface area (Å²) in [6.07, 6.45) is 7.64. The Morgan fingerprint density at radius 2 is 2.11 bits per heavy atom. The van der Waals surface area contributed by atoms with Crippen LogP contribution in [-0.2, 0) is 0 Å². The van der Waals surface area contributed by atoms with Gasteiger partial charge in [0.2, 0.25) is 0 Å². The highest BCUT2D eigenvalue weighted by molar-refractivity contribution is 5.70. The number of H-pyrrole nitrogens is 1. The summed E-state index contributed by atoms with van der Waals surface area (Å²) in [6.45, 7) is 1.18. The molecule has 3 aromatic rings. The van der Waals surface area contributed by atoms with Crippen molar-refractivity contribution >= 4 is 5.82 Å². The van der Waals surface area contributed by atoms with Gasteiger partial charge in [-0.3, -0.25) is 10.00 Å². The molecule has 0 aliphatic carbocycles. The maximum atomic E-state index is 9.48. The number of hydrogen-bond acceptors (Lipinski definition) is 7. The van der Waals surface area contributed by atoms with Crippen LogP contribution in [0.15, 0.2) is 36.7 Å². The van der Waals surface area contributed by atoms with E-state index < -0.39 is 0 Å². The molecule has 5 rings (SSSR count). The average Bonchev–Trinajstić information content (AvgIpc) is 3.38. The maximum absolute atomic E-state index is 9.48. The van der Waals surface area contributed by atoms with Gasteiger partial charge in [-0.25, -0.2) is 4.98 Å². The highest BCUT2D eigenvalue weighted by Gasteiger charge is 2.43. The number of aromatic nitrogens is 5. The van der Waals surface area contributed by atoms with Crippen LogP contribution in [0.2, 0.25) is 0 Å². The standard InChI is InChI=1S/C20H20N8/c1-27(20-9-14-3-2-8-28(14)20)19-7-6-17(25-26-19)16-5-4-15(18(10-21)24-16)13-11-22-23-12-13/h4-7,11-12,14,20H,2-3,8-9H2,1H3,(H,22,23). The molecule has 0 amide bonds. The van der Waals surface area contributed by atoms with Gasteiger partial charge in [-0.15, -0.1) is 10.2 Å². The highest BCUT2D eigenvalue weighted by Crippen LogP contribution is 2.37. The Morgan fingerprint density at radius 1 is 1.21 bits per heavy atom. The van der Waals surface area contributed by atoms with Crippen LogP contribution in [0.25, 0.3) is 22.5 Å². The van der Waals surface area contributed by atoms with E-state index in [-0.39, 0.29) is 0 Å². The molecule has 0 radical (unpaired) electrons. The smallest absolute Gasteiger partial charge is 0.152 e. The van der Waals surface area contributed by atoms with Gasteiger partial charge in [0.05, 0.1) is 18.1 Å². The second-order valence-corrected chi connectivity index (χ2v) is 7.33. The molecule has 140 valence electrons. The summed E-state index contributed by atoms with van der Waals surface area (Å²) in [5, 5.41) is 25.0. The molecule has 1 N–H and O–H groups in total. The van der Waals surface area contributed by atoms with Gasteiger partial charge in [0.25, 0.3) is 0 Å². The molecule has 2 atom stereocenters. The maximum Gasteiger partial charge on any atom is 0.152 e. The minimum absolute atomic E-state index is 0.344. The van der Waals surface area contributed by atoms with E-state index >= 15 is 0 Å². The number of pyridine rings is 1. The van der Waals surface area contributed by atoms with Crippen molar-refractivity contribution in [1.29, 1.82) is 5.26 Å². The summed E-state index contributed by atoms with van der Waals surface area (Å²) >= 11 is 0. The monoisotopic (exact) mass is 372 g/mol. The lowest BCUT2D eigenvalue weighted by molar-refractivity contribution is 0.0550. The van der Waals surface area contributed by atoms with Crippen molar-refractivity contribution in [2.45, 2.75) is 31.5 Å². The number of nitriles is 1. The first-order valence-corrected chi connectivity index (χ1v) is 9.47. The Kier molecular flexibility index (Phi) is 4.02. The van der Waals surface area contributed by atoms with Crippen molar-refractivity contribution in [2.75, 3.05) is 18.5 Å². The summed E-state index contributed by atoms with van der Waals surface area (Å²) in [7, 11) is 2.08. The Labute approximate surface area is 162 Å². The number of anilines is 1. The molecule has 0 saturated carbocycles. The van der Waals surface area contributed by atoms with Crippen LogP contribution >= 0.6 is 0 Å². The molecule has 3 aromatic heterocycles. The number of aromatic amines is 1. The van der Waals surface area contributed by atoms with Gasteiger partial charge in [-0.05, 0) is 43.5 Å². The normalized spacial score (nSPS) is 21.0. The molecule has 0 bridgehead atoms. The van der Waals surface area contributed by atoms with Crippen LogP contribution in [-0.4, -0.2) is 56.1 Å². The summed E-state index contributed by atoms with van der Waals surface area (Å²) in [4.78, 5) is 9.22. The first-order valence-electron chi connectivity index (χ1n) is 9.47. The molecule has 2 fully saturated rings. The third-order valence-electron chi connectivity index (χ3n) is 5.82. The van der Waals surface area contributed by atoms with Crippen LogP contribution in [0.1, 0.15) is 25.0 Å². The van der Waals surface area contributed by atoms with Crippen molar-refractivity contribution in [3.8, 4) is 28.6 Å². The van der Waals surface area contributed by atoms with E-state index in [9.17, 15) is 5.26 Å². The van der Waals surface area contributed by atoms with Gasteiger partial charge >= 0.3 is 0 Å². The van der Waals surface area contributed by atoms with Crippen molar-refractivity contribution in [1.82, 2.24) is 30.3 Å². The lowest BCUT2D eigenvalue weighted by Crippen LogP contribution is -2.59. The predicted molar refractivity (Wildman–Crippen MR) is 104 cm³/mol. The van der Waals surface area contributed by atoms with Crippen molar-refractivity contribution < 1.29 is 0 Å². The molecule has 5 heterocycles. The van der Waals surface area contributed by atoms with E-state index in [1.54, 1.807) is 12.4 Å². The summed E-state index contributed by atoms with van der Waals surface area (Å²) in [6, 6.07) is 10.5. The van der Waals surface area contributed by atoms with Gasteiger partial charge in [0, 0.05) is 37.0 Å². The molecule has 2 aliphatic rings. The topological polar surface area (TPSA) is 97.6 Å². The van der Waals surface area contributed by atoms with E-state index in [2.05, 4.69) is 48.3 Å². The highest BCUT2D eigenvalue weighted by atomic mass is 15.4. The quantitative estimate of drug-likeness (QED) is 0.751. The third-order valence-corrected chi connectivity index (χ3v) is 5.82. The first-order chi connectivity index (χ1) is 13.7. The van der Waals surface area contributed by atoms with Gasteiger partial charge in [0.15, 0.2) is 5.82 Å². The molecular formula is C20H20N8. The third kappa shape index (κ3) is 2.72. The van der Waals surface area contributed by atoms with Gasteiger partial charge in [0.1, 0.15) is 17.5 Å². The summed E-state index contributed by atoms with van der Waals surface area (Å²) in [5.74, 6) is 0.856. The van der Waals surface area contributed by atoms with Gasteiger partial charge < -0.3 is 4.90 Å². The van der Waals surface area contributed by atoms with Crippen molar-refractivity contribution in [2.24, 2.45) is 0 Å². The van der Waals surface area contributed by atoms with Gasteiger partial charge in [-0.1, -0.05) is 0 Å². The Morgan fingerprint density at radius 3 is 2.82 bits per heavy atom. The Balaban J connectivity index is 1.38. The van der Waals surface area contributed by atoms with E-state index in [0.29, 0.717) is 23.2 Å². The largest absolute Gasteiger partial charge is 0.342 e. The zero-order valence-electron chi connectivity index (χ0n) is 15.6. The molecule has 2 unspecified atom stereocenters. The number of rotatable bonds is 4. The minimum Gasteiger partial charge on any atom is -0.342 e. The van der Waals surface area contributed by atoms with E-state index in [4.69, 9.17) is 0 Å². The Bertz CT molecular complexity index is 1020. The first kappa shape index (κ1) is 16.8. The van der Waals surface area contributed by atoms with Crippen LogP contribution in [0.3, 0.4) is 0 Å². The molecule has 0 aromatic carbocycles. The van der Waals surface area contributed by atoms with E-state index in [1.165, 1.54) is 25.8 Å². The fourth-order valence-corrected chi connectivity index (χ4v) is 4.25. The number of nitrogens with one attached hydrogen (secondary N) is 1. The zero-order valence-corrected chi connectivity index (χ0v) is 15.6. The summed E-state index contributed by atoms with van der Waals surface area (Å²) < 4.78 is 0. The number of nitrogens with zero attached hydrogens (tertiary/aromatic N) is 7. The van der Waals surface area contributed by atoms with Crippen molar-refractivity contribution in [3.63, 3.8) is 0 Å². The molecule has 8 nitrogen and oxygen atoms in total. The van der Waals surface area contributed by atoms with E-state index in [0.717, 1.165) is 23.0 Å². The second-order valence-electron chi connectivity index (χ2n) is 7.33. The number of fused-ring (bicyclic) bond motifs is 1. The fourth-order valence-electron chi connectivity index (χ4n) is 4.25. The van der Waals surface area contributed by atoms with E-state index in [1.807, 2.05) is 24.3 Å². The number of hydrogen-bond donors (Lipinski definition) is 1. The lowest BCUT2D eigenvalue weighted by atomic mass is 9.99. The molecule has 2 saturated heterocycles. The lowest BCUT2D eigenvalue weighted by Gasteiger charge is -2.49. The summed E-state index contributed by atoms with van der Waals surface area (Å²) in [5.41, 5.74) is 3.21. The Hall–Kier alpha value is -3.31. The minimum atomic E-state index is 0.344. The fraction of sp³-hybridized carbons (Fsp3) is 0.350. The zero-order chi connectivity index (χ0) is 19.1. The SMILES string of the molecule is CN(c1ccc(-c2ccc(-c3cn[nH]c3)c(C#N)n2)nn1)C1CC2CCCN21.